The number of ether oxygens (including phenoxy) is 3. The quantitative estimate of drug-likeness (QED) is 0.651. The number of carbonyl (C=O) groups excluding carboxylic acids is 1. The van der Waals surface area contributed by atoms with E-state index in [1.807, 2.05) is 53.4 Å². The molecule has 2 amide bonds. The maximum absolute atomic E-state index is 12.6. The number of nitrogens with one attached hydrogen (secondary N) is 1. The van der Waals surface area contributed by atoms with Crippen molar-refractivity contribution >= 4 is 16.9 Å². The van der Waals surface area contributed by atoms with Gasteiger partial charge in [0.1, 0.15) is 17.4 Å². The second kappa shape index (κ2) is 9.55. The molecule has 0 unspecified atom stereocenters. The lowest BCUT2D eigenvalue weighted by molar-refractivity contribution is 0.112. The minimum Gasteiger partial charge on any atom is -0.493 e. The van der Waals surface area contributed by atoms with E-state index in [2.05, 4.69) is 10.3 Å². The number of piperidine rings is 1. The van der Waals surface area contributed by atoms with Gasteiger partial charge in [0.05, 0.1) is 14.2 Å². The number of methoxy groups -OCH3 is 2. The summed E-state index contributed by atoms with van der Waals surface area (Å²) in [5.41, 5.74) is 1.83. The van der Waals surface area contributed by atoms with E-state index in [-0.39, 0.29) is 12.1 Å². The lowest BCUT2D eigenvalue weighted by Gasteiger charge is -2.32. The molecule has 0 atom stereocenters. The number of rotatable bonds is 6. The van der Waals surface area contributed by atoms with Crippen LogP contribution in [0.4, 0.5) is 4.79 Å². The van der Waals surface area contributed by atoms with Crippen LogP contribution in [0.15, 0.2) is 54.7 Å². The van der Waals surface area contributed by atoms with Crippen LogP contribution in [-0.2, 0) is 6.54 Å². The predicted molar refractivity (Wildman–Crippen MR) is 119 cm³/mol. The predicted octanol–water partition coefficient (Wildman–Crippen LogP) is 4.01. The molecule has 162 valence electrons. The van der Waals surface area contributed by atoms with Gasteiger partial charge in [-0.3, -0.25) is 4.98 Å². The Morgan fingerprint density at radius 1 is 1.03 bits per heavy atom. The topological polar surface area (TPSA) is 72.9 Å². The van der Waals surface area contributed by atoms with E-state index in [0.29, 0.717) is 31.1 Å². The molecule has 2 aromatic carbocycles. The van der Waals surface area contributed by atoms with Crippen molar-refractivity contribution in [2.75, 3.05) is 27.3 Å². The normalized spacial score (nSPS) is 14.3. The molecular weight excluding hydrogens is 394 g/mol. The number of hydrogen-bond acceptors (Lipinski definition) is 5. The number of urea groups is 1. The fourth-order valence-electron chi connectivity index (χ4n) is 3.81. The van der Waals surface area contributed by atoms with Gasteiger partial charge in [0, 0.05) is 44.1 Å². The number of benzene rings is 2. The molecule has 0 spiro atoms. The van der Waals surface area contributed by atoms with Crippen molar-refractivity contribution in [1.29, 1.82) is 0 Å². The highest BCUT2D eigenvalue weighted by Gasteiger charge is 2.24. The first kappa shape index (κ1) is 20.8. The molecular formula is C24H27N3O4. The summed E-state index contributed by atoms with van der Waals surface area (Å²) in [5, 5.41) is 4.05. The van der Waals surface area contributed by atoms with Crippen LogP contribution in [0.25, 0.3) is 10.9 Å². The van der Waals surface area contributed by atoms with E-state index in [1.54, 1.807) is 20.4 Å². The largest absolute Gasteiger partial charge is 0.493 e. The third-order valence-electron chi connectivity index (χ3n) is 5.51. The molecule has 31 heavy (non-hydrogen) atoms. The van der Waals surface area contributed by atoms with Crippen molar-refractivity contribution in [3.8, 4) is 17.2 Å². The molecule has 1 saturated heterocycles. The number of amides is 2. The van der Waals surface area contributed by atoms with Gasteiger partial charge in [0.15, 0.2) is 11.5 Å². The van der Waals surface area contributed by atoms with Crippen molar-refractivity contribution in [2.45, 2.75) is 25.5 Å². The van der Waals surface area contributed by atoms with Crippen LogP contribution in [0.3, 0.4) is 0 Å². The van der Waals surface area contributed by atoms with Gasteiger partial charge in [-0.25, -0.2) is 4.79 Å². The molecule has 0 bridgehead atoms. The summed E-state index contributed by atoms with van der Waals surface area (Å²) in [6, 6.07) is 15.5. The van der Waals surface area contributed by atoms with Crippen LogP contribution >= 0.6 is 0 Å². The molecule has 1 N–H and O–H groups in total. The Kier molecular flexibility index (Phi) is 6.40. The molecule has 2 heterocycles. The zero-order valence-corrected chi connectivity index (χ0v) is 17.8. The first-order valence-electron chi connectivity index (χ1n) is 10.4. The summed E-state index contributed by atoms with van der Waals surface area (Å²) in [6.45, 7) is 1.73. The molecule has 1 fully saturated rings. The van der Waals surface area contributed by atoms with Crippen molar-refractivity contribution in [3.63, 3.8) is 0 Å². The van der Waals surface area contributed by atoms with E-state index >= 15 is 0 Å². The van der Waals surface area contributed by atoms with Gasteiger partial charge in [-0.2, -0.15) is 0 Å². The Labute approximate surface area is 181 Å². The lowest BCUT2D eigenvalue weighted by atomic mass is 10.1. The number of fused-ring (bicyclic) bond motifs is 1. The van der Waals surface area contributed by atoms with Crippen LogP contribution in [0.5, 0.6) is 17.2 Å². The minimum atomic E-state index is -0.0694. The summed E-state index contributed by atoms with van der Waals surface area (Å²) in [4.78, 5) is 18.9. The van der Waals surface area contributed by atoms with Crippen molar-refractivity contribution < 1.29 is 19.0 Å². The van der Waals surface area contributed by atoms with Crippen LogP contribution in [0.2, 0.25) is 0 Å². The van der Waals surface area contributed by atoms with Crippen molar-refractivity contribution in [1.82, 2.24) is 15.2 Å². The highest BCUT2D eigenvalue weighted by Crippen LogP contribution is 2.28. The standard InChI is InChI=1S/C24H27N3O4/c1-29-20-9-8-17(15-22(20)30-2)16-26-24(28)27-13-10-19(11-14-27)31-21-7-3-5-18-6-4-12-25-23(18)21/h3-9,12,15,19H,10-11,13-14,16H2,1-2H3,(H,26,28). The fourth-order valence-corrected chi connectivity index (χ4v) is 3.81. The van der Waals surface area contributed by atoms with E-state index in [0.717, 1.165) is 35.1 Å². The number of para-hydroxylation sites is 1. The zero-order chi connectivity index (χ0) is 21.6. The SMILES string of the molecule is COc1ccc(CNC(=O)N2CCC(Oc3cccc4cccnc34)CC2)cc1OC. The summed E-state index contributed by atoms with van der Waals surface area (Å²) in [5.74, 6) is 2.12. The first-order valence-corrected chi connectivity index (χ1v) is 10.4. The molecule has 1 aromatic heterocycles. The monoisotopic (exact) mass is 421 g/mol. The molecule has 3 aromatic rings. The Morgan fingerprint density at radius 3 is 2.58 bits per heavy atom. The second-order valence-corrected chi connectivity index (χ2v) is 7.48. The lowest BCUT2D eigenvalue weighted by Crippen LogP contribution is -2.46. The summed E-state index contributed by atoms with van der Waals surface area (Å²) in [7, 11) is 3.20. The number of aromatic nitrogens is 1. The maximum atomic E-state index is 12.6. The Balaban J connectivity index is 1.29. The van der Waals surface area contributed by atoms with Gasteiger partial charge in [0.25, 0.3) is 0 Å². The molecule has 7 heteroatoms. The number of pyridine rings is 1. The van der Waals surface area contributed by atoms with Gasteiger partial charge in [0.2, 0.25) is 0 Å². The van der Waals surface area contributed by atoms with Gasteiger partial charge in [-0.15, -0.1) is 0 Å². The maximum Gasteiger partial charge on any atom is 0.317 e. The minimum absolute atomic E-state index is 0.0694. The first-order chi connectivity index (χ1) is 15.2. The molecule has 0 aliphatic carbocycles. The van der Waals surface area contributed by atoms with E-state index in [9.17, 15) is 4.79 Å². The van der Waals surface area contributed by atoms with Crippen LogP contribution in [0.1, 0.15) is 18.4 Å². The third kappa shape index (κ3) is 4.82. The Morgan fingerprint density at radius 2 is 1.81 bits per heavy atom. The van der Waals surface area contributed by atoms with Crippen molar-refractivity contribution in [2.24, 2.45) is 0 Å². The third-order valence-corrected chi connectivity index (χ3v) is 5.51. The molecule has 4 rings (SSSR count). The molecule has 0 saturated carbocycles. The Bertz CT molecular complexity index is 1040. The van der Waals surface area contributed by atoms with Crippen LogP contribution in [-0.4, -0.2) is 49.3 Å². The molecule has 0 radical (unpaired) electrons. The Hall–Kier alpha value is -3.48. The number of likely N-dealkylation sites (tertiary alicyclic amines) is 1. The van der Waals surface area contributed by atoms with Crippen LogP contribution < -0.4 is 19.5 Å². The number of nitrogens with zero attached hydrogens (tertiary/aromatic N) is 2. The molecule has 1 aliphatic heterocycles. The smallest absolute Gasteiger partial charge is 0.317 e. The van der Waals surface area contributed by atoms with Crippen molar-refractivity contribution in [3.05, 3.63) is 60.3 Å². The van der Waals surface area contributed by atoms with Crippen LogP contribution in [0, 0.1) is 0 Å². The average molecular weight is 421 g/mol. The van der Waals surface area contributed by atoms with E-state index in [4.69, 9.17) is 14.2 Å². The fraction of sp³-hybridized carbons (Fsp3) is 0.333. The van der Waals surface area contributed by atoms with Gasteiger partial charge in [-0.05, 0) is 29.8 Å². The second-order valence-electron chi connectivity index (χ2n) is 7.48. The number of hydrogen-bond donors (Lipinski definition) is 1. The summed E-state index contributed by atoms with van der Waals surface area (Å²) in [6.07, 6.45) is 3.42. The van der Waals surface area contributed by atoms with E-state index in [1.165, 1.54) is 0 Å². The average Bonchev–Trinajstić information content (AvgIpc) is 2.83. The summed E-state index contributed by atoms with van der Waals surface area (Å²) < 4.78 is 16.8. The van der Waals surface area contributed by atoms with E-state index < -0.39 is 0 Å². The molecule has 1 aliphatic rings. The highest BCUT2D eigenvalue weighted by atomic mass is 16.5. The van der Waals surface area contributed by atoms with Gasteiger partial charge < -0.3 is 24.4 Å². The molecule has 7 nitrogen and oxygen atoms in total. The van der Waals surface area contributed by atoms with Gasteiger partial charge >= 0.3 is 6.03 Å². The zero-order valence-electron chi connectivity index (χ0n) is 17.8. The summed E-state index contributed by atoms with van der Waals surface area (Å²) >= 11 is 0. The van der Waals surface area contributed by atoms with Gasteiger partial charge in [-0.1, -0.05) is 24.3 Å². The highest BCUT2D eigenvalue weighted by molar-refractivity contribution is 5.84. The number of carbonyl (C=O) groups is 1.